The Kier molecular flexibility index (Phi) is 5.37. The van der Waals surface area contributed by atoms with Crippen LogP contribution in [0.2, 0.25) is 0 Å². The molecule has 2 atom stereocenters. The van der Waals surface area contributed by atoms with Gasteiger partial charge in [-0.25, -0.2) is 4.98 Å². The van der Waals surface area contributed by atoms with Crippen LogP contribution in [0.3, 0.4) is 0 Å². The third kappa shape index (κ3) is 3.84. The molecule has 7 nitrogen and oxygen atoms in total. The number of fused-ring (bicyclic) bond motifs is 1. The molecule has 2 unspecified atom stereocenters. The molecule has 3 N–H and O–H groups in total. The van der Waals surface area contributed by atoms with E-state index in [0.29, 0.717) is 18.5 Å². The molecule has 1 heterocycles. The number of carbonyl (C=O) groups is 2. The van der Waals surface area contributed by atoms with Crippen LogP contribution in [0, 0.1) is 0 Å². The molecule has 0 saturated heterocycles. The van der Waals surface area contributed by atoms with Gasteiger partial charge < -0.3 is 20.5 Å². The van der Waals surface area contributed by atoms with E-state index in [0.717, 1.165) is 22.6 Å². The SMILES string of the molecule is CN(C)Cc1nccn1-c1ccc(C(=O)NC2Cc3ccccc3C2C(N)=O)cc1. The van der Waals surface area contributed by atoms with Gasteiger partial charge in [-0.15, -0.1) is 0 Å². The lowest BCUT2D eigenvalue weighted by molar-refractivity contribution is -0.119. The van der Waals surface area contributed by atoms with Gasteiger partial charge in [0.05, 0.1) is 12.5 Å². The predicted molar refractivity (Wildman–Crippen MR) is 114 cm³/mol. The summed E-state index contributed by atoms with van der Waals surface area (Å²) in [7, 11) is 3.99. The summed E-state index contributed by atoms with van der Waals surface area (Å²) in [5, 5.41) is 3.00. The highest BCUT2D eigenvalue weighted by atomic mass is 16.2. The molecule has 2 aromatic carbocycles. The fourth-order valence-electron chi connectivity index (χ4n) is 4.08. The summed E-state index contributed by atoms with van der Waals surface area (Å²) >= 11 is 0. The van der Waals surface area contributed by atoms with Crippen molar-refractivity contribution in [3.63, 3.8) is 0 Å². The second-order valence-corrected chi connectivity index (χ2v) is 7.86. The average Bonchev–Trinajstić information content (AvgIpc) is 3.31. The number of carbonyl (C=O) groups excluding carboxylic acids is 2. The number of aromatic nitrogens is 2. The van der Waals surface area contributed by atoms with Gasteiger partial charge in [0, 0.05) is 29.7 Å². The minimum atomic E-state index is -0.510. The number of benzene rings is 2. The Bertz CT molecular complexity index is 1070. The number of primary amides is 1. The van der Waals surface area contributed by atoms with E-state index in [1.54, 1.807) is 18.3 Å². The number of hydrogen-bond acceptors (Lipinski definition) is 4. The first-order chi connectivity index (χ1) is 14.4. The number of hydrogen-bond donors (Lipinski definition) is 2. The standard InChI is InChI=1S/C23H25N5O2/c1-27(2)14-20-25-11-12-28(20)17-9-7-15(8-10-17)23(30)26-19-13-16-5-3-4-6-18(16)21(19)22(24)29/h3-12,19,21H,13-14H2,1-2H3,(H2,24,29)(H,26,30). The Morgan fingerprint density at radius 1 is 1.17 bits per heavy atom. The van der Waals surface area contributed by atoms with Gasteiger partial charge in [-0.1, -0.05) is 24.3 Å². The molecule has 154 valence electrons. The first kappa shape index (κ1) is 19.8. The van der Waals surface area contributed by atoms with E-state index in [4.69, 9.17) is 5.73 Å². The van der Waals surface area contributed by atoms with Crippen molar-refractivity contribution in [2.24, 2.45) is 5.73 Å². The molecule has 0 saturated carbocycles. The van der Waals surface area contributed by atoms with Crippen LogP contribution in [0.1, 0.15) is 33.2 Å². The van der Waals surface area contributed by atoms with Gasteiger partial charge >= 0.3 is 0 Å². The Hall–Kier alpha value is -3.45. The molecule has 30 heavy (non-hydrogen) atoms. The Morgan fingerprint density at radius 2 is 1.90 bits per heavy atom. The van der Waals surface area contributed by atoms with Crippen LogP contribution in [0.4, 0.5) is 0 Å². The molecular weight excluding hydrogens is 378 g/mol. The van der Waals surface area contributed by atoms with E-state index < -0.39 is 11.8 Å². The van der Waals surface area contributed by atoms with Crippen LogP contribution in [0.25, 0.3) is 5.69 Å². The zero-order valence-corrected chi connectivity index (χ0v) is 17.1. The van der Waals surface area contributed by atoms with E-state index >= 15 is 0 Å². The minimum Gasteiger partial charge on any atom is -0.369 e. The van der Waals surface area contributed by atoms with E-state index in [9.17, 15) is 9.59 Å². The second kappa shape index (κ2) is 8.12. The highest BCUT2D eigenvalue weighted by Gasteiger charge is 2.37. The molecule has 1 aliphatic rings. The largest absolute Gasteiger partial charge is 0.369 e. The minimum absolute atomic E-state index is 0.218. The second-order valence-electron chi connectivity index (χ2n) is 7.86. The van der Waals surface area contributed by atoms with E-state index in [1.165, 1.54) is 0 Å². The zero-order valence-electron chi connectivity index (χ0n) is 17.1. The summed E-state index contributed by atoms with van der Waals surface area (Å²) < 4.78 is 2.00. The van der Waals surface area contributed by atoms with Gasteiger partial charge in [-0.2, -0.15) is 0 Å². The van der Waals surface area contributed by atoms with Gasteiger partial charge in [-0.05, 0) is 55.9 Å². The van der Waals surface area contributed by atoms with Crippen molar-refractivity contribution < 1.29 is 9.59 Å². The van der Waals surface area contributed by atoms with Gasteiger partial charge in [0.2, 0.25) is 5.91 Å². The first-order valence-corrected chi connectivity index (χ1v) is 9.89. The van der Waals surface area contributed by atoms with Crippen molar-refractivity contribution in [2.45, 2.75) is 24.9 Å². The summed E-state index contributed by atoms with van der Waals surface area (Å²) in [5.41, 5.74) is 9.06. The molecule has 0 aliphatic heterocycles. The molecule has 7 heteroatoms. The van der Waals surface area contributed by atoms with E-state index in [1.807, 2.05) is 61.3 Å². The first-order valence-electron chi connectivity index (χ1n) is 9.89. The predicted octanol–water partition coefficient (Wildman–Crippen LogP) is 1.86. The van der Waals surface area contributed by atoms with Crippen LogP contribution in [-0.2, 0) is 17.8 Å². The lowest BCUT2D eigenvalue weighted by atomic mass is 9.97. The number of rotatable bonds is 6. The smallest absolute Gasteiger partial charge is 0.251 e. The van der Waals surface area contributed by atoms with Crippen LogP contribution >= 0.6 is 0 Å². The highest BCUT2D eigenvalue weighted by molar-refractivity contribution is 5.95. The Balaban J connectivity index is 1.50. The Morgan fingerprint density at radius 3 is 2.60 bits per heavy atom. The molecule has 1 aliphatic carbocycles. The third-order valence-corrected chi connectivity index (χ3v) is 5.44. The van der Waals surface area contributed by atoms with E-state index in [2.05, 4.69) is 15.2 Å². The number of imidazole rings is 1. The Labute approximate surface area is 175 Å². The lowest BCUT2D eigenvalue weighted by Gasteiger charge is -2.19. The normalized spacial score (nSPS) is 17.7. The van der Waals surface area contributed by atoms with Crippen molar-refractivity contribution in [2.75, 3.05) is 14.1 Å². The van der Waals surface area contributed by atoms with Crippen molar-refractivity contribution in [3.05, 3.63) is 83.4 Å². The number of nitrogens with one attached hydrogen (secondary N) is 1. The quantitative estimate of drug-likeness (QED) is 0.657. The van der Waals surface area contributed by atoms with E-state index in [-0.39, 0.29) is 11.9 Å². The van der Waals surface area contributed by atoms with Crippen molar-refractivity contribution in [1.29, 1.82) is 0 Å². The maximum Gasteiger partial charge on any atom is 0.251 e. The molecule has 4 rings (SSSR count). The molecule has 0 bridgehead atoms. The number of amides is 2. The molecule has 1 aromatic heterocycles. The van der Waals surface area contributed by atoms with Crippen LogP contribution in [0.5, 0.6) is 0 Å². The molecule has 0 radical (unpaired) electrons. The number of nitrogens with zero attached hydrogens (tertiary/aromatic N) is 3. The topological polar surface area (TPSA) is 93.2 Å². The van der Waals surface area contributed by atoms with Crippen molar-refractivity contribution in [3.8, 4) is 5.69 Å². The summed E-state index contributed by atoms with van der Waals surface area (Å²) in [4.78, 5) is 31.3. The lowest BCUT2D eigenvalue weighted by Crippen LogP contribution is -2.42. The van der Waals surface area contributed by atoms with Crippen LogP contribution < -0.4 is 11.1 Å². The summed E-state index contributed by atoms with van der Waals surface area (Å²) in [6.07, 6.45) is 4.26. The van der Waals surface area contributed by atoms with Crippen molar-refractivity contribution in [1.82, 2.24) is 19.8 Å². The molecule has 0 spiro atoms. The zero-order chi connectivity index (χ0) is 21.3. The fourth-order valence-corrected chi connectivity index (χ4v) is 4.08. The van der Waals surface area contributed by atoms with Crippen molar-refractivity contribution >= 4 is 11.8 Å². The van der Waals surface area contributed by atoms with Gasteiger partial charge in [0.1, 0.15) is 5.82 Å². The van der Waals surface area contributed by atoms with Gasteiger partial charge in [0.15, 0.2) is 0 Å². The molecule has 2 amide bonds. The maximum absolute atomic E-state index is 12.8. The van der Waals surface area contributed by atoms with Gasteiger partial charge in [0.25, 0.3) is 5.91 Å². The molecule has 3 aromatic rings. The fraction of sp³-hybridized carbons (Fsp3) is 0.261. The molecular formula is C23H25N5O2. The summed E-state index contributed by atoms with van der Waals surface area (Å²) in [6.45, 7) is 0.714. The van der Waals surface area contributed by atoms with Crippen LogP contribution in [0.15, 0.2) is 60.9 Å². The van der Waals surface area contributed by atoms with Gasteiger partial charge in [-0.3, -0.25) is 9.59 Å². The van der Waals surface area contributed by atoms with Crippen LogP contribution in [-0.4, -0.2) is 46.4 Å². The third-order valence-electron chi connectivity index (χ3n) is 5.44. The average molecular weight is 403 g/mol. The monoisotopic (exact) mass is 403 g/mol. The summed E-state index contributed by atoms with van der Waals surface area (Å²) in [6, 6.07) is 14.7. The highest BCUT2D eigenvalue weighted by Crippen LogP contribution is 2.33. The summed E-state index contributed by atoms with van der Waals surface area (Å²) in [5.74, 6) is -0.229. The number of nitrogens with two attached hydrogens (primary N) is 1. The molecule has 0 fully saturated rings. The maximum atomic E-state index is 12.8.